The highest BCUT2D eigenvalue weighted by Gasteiger charge is 2.09. The van der Waals surface area contributed by atoms with Crippen molar-refractivity contribution in [1.82, 2.24) is 4.98 Å². The lowest BCUT2D eigenvalue weighted by Crippen LogP contribution is -2.03. The first-order valence-corrected chi connectivity index (χ1v) is 9.28. The lowest BCUT2D eigenvalue weighted by atomic mass is 10.2. The van der Waals surface area contributed by atoms with E-state index >= 15 is 0 Å². The van der Waals surface area contributed by atoms with Crippen LogP contribution in [0, 0.1) is 0 Å². The van der Waals surface area contributed by atoms with Crippen LogP contribution < -0.4 is 5.32 Å². The molecule has 0 atom stereocenters. The van der Waals surface area contributed by atoms with E-state index < -0.39 is 0 Å². The molecule has 1 aromatic heterocycles. The van der Waals surface area contributed by atoms with Gasteiger partial charge >= 0.3 is 5.97 Å². The number of hydrogen-bond acceptors (Lipinski definition) is 7. The molecule has 0 radical (unpaired) electrons. The number of aromatic hydroxyl groups is 1. The number of aliphatic imine (C=N–C) groups is 1. The van der Waals surface area contributed by atoms with Crippen LogP contribution in [0.1, 0.15) is 22.2 Å². The molecule has 0 saturated carbocycles. The maximum Gasteiger partial charge on any atom is 0.338 e. The molecule has 138 valence electrons. The largest absolute Gasteiger partial charge is 0.492 e. The summed E-state index contributed by atoms with van der Waals surface area (Å²) in [5.41, 5.74) is 1.92. The van der Waals surface area contributed by atoms with Crippen molar-refractivity contribution >= 4 is 51.6 Å². The van der Waals surface area contributed by atoms with Crippen LogP contribution >= 0.6 is 22.9 Å². The van der Waals surface area contributed by atoms with Crippen LogP contribution in [0.3, 0.4) is 0 Å². The fourth-order valence-corrected chi connectivity index (χ4v) is 3.03. The molecule has 0 unspecified atom stereocenters. The van der Waals surface area contributed by atoms with Crippen LogP contribution in [-0.2, 0) is 4.74 Å². The molecule has 27 heavy (non-hydrogen) atoms. The molecular weight excluding hydrogens is 386 g/mol. The number of hydrogen-bond donors (Lipinski definition) is 2. The predicted molar refractivity (Wildman–Crippen MR) is 108 cm³/mol. The highest BCUT2D eigenvalue weighted by molar-refractivity contribution is 7.17. The monoisotopic (exact) mass is 401 g/mol. The van der Waals surface area contributed by atoms with Crippen molar-refractivity contribution in [2.45, 2.75) is 6.92 Å². The smallest absolute Gasteiger partial charge is 0.338 e. The molecule has 0 aliphatic carbocycles. The van der Waals surface area contributed by atoms with Crippen LogP contribution in [0.25, 0.3) is 0 Å². The third kappa shape index (κ3) is 5.06. The van der Waals surface area contributed by atoms with Crippen molar-refractivity contribution in [1.29, 1.82) is 0 Å². The summed E-state index contributed by atoms with van der Waals surface area (Å²) < 4.78 is 4.94. The highest BCUT2D eigenvalue weighted by Crippen LogP contribution is 2.29. The molecule has 0 spiro atoms. The van der Waals surface area contributed by atoms with Crippen LogP contribution in [0.2, 0.25) is 5.02 Å². The minimum atomic E-state index is -0.369. The Morgan fingerprint density at radius 1 is 1.26 bits per heavy atom. The van der Waals surface area contributed by atoms with Gasteiger partial charge in [0.05, 0.1) is 24.1 Å². The van der Waals surface area contributed by atoms with E-state index in [2.05, 4.69) is 15.3 Å². The average Bonchev–Trinajstić information content (AvgIpc) is 3.02. The number of nitrogens with zero attached hydrogens (tertiary/aromatic N) is 2. The molecule has 0 saturated heterocycles. The topological polar surface area (TPSA) is 83.8 Å². The summed E-state index contributed by atoms with van der Waals surface area (Å²) in [4.78, 5) is 20.5. The minimum Gasteiger partial charge on any atom is -0.492 e. The number of rotatable bonds is 6. The normalized spacial score (nSPS) is 10.9. The van der Waals surface area contributed by atoms with Crippen molar-refractivity contribution in [3.05, 3.63) is 64.0 Å². The fraction of sp³-hybridized carbons (Fsp3) is 0.105. The van der Waals surface area contributed by atoms with Gasteiger partial charge in [0.15, 0.2) is 5.13 Å². The van der Waals surface area contributed by atoms with Crippen LogP contribution in [0.15, 0.2) is 53.5 Å². The molecule has 0 aliphatic rings. The molecule has 2 N–H and O–H groups in total. The van der Waals surface area contributed by atoms with E-state index in [4.69, 9.17) is 16.3 Å². The predicted octanol–water partition coefficient (Wildman–Crippen LogP) is 5.17. The molecule has 3 aromatic rings. The fourth-order valence-electron chi connectivity index (χ4n) is 2.15. The molecule has 0 bridgehead atoms. The Balaban J connectivity index is 1.69. The van der Waals surface area contributed by atoms with Gasteiger partial charge in [-0.05, 0) is 55.5 Å². The summed E-state index contributed by atoms with van der Waals surface area (Å²) >= 11 is 7.13. The molecule has 0 fully saturated rings. The Kier molecular flexibility index (Phi) is 6.05. The second-order valence-electron chi connectivity index (χ2n) is 5.36. The summed E-state index contributed by atoms with van der Waals surface area (Å²) in [6.45, 7) is 2.09. The summed E-state index contributed by atoms with van der Waals surface area (Å²) in [7, 11) is 0. The van der Waals surface area contributed by atoms with E-state index in [-0.39, 0.29) is 11.8 Å². The lowest BCUT2D eigenvalue weighted by molar-refractivity contribution is 0.0526. The summed E-state index contributed by atoms with van der Waals surface area (Å²) in [6, 6.07) is 13.9. The van der Waals surface area contributed by atoms with Crippen LogP contribution in [0.5, 0.6) is 5.88 Å². The number of benzene rings is 2. The molecule has 6 nitrogen and oxygen atoms in total. The SMILES string of the molecule is CCOC(=O)c1ccc(N=Cc2sc(Nc3ccc(Cl)cc3)nc2O)cc1. The summed E-state index contributed by atoms with van der Waals surface area (Å²) in [6.07, 6.45) is 1.53. The van der Waals surface area contributed by atoms with E-state index in [9.17, 15) is 9.90 Å². The third-order valence-electron chi connectivity index (χ3n) is 3.44. The zero-order valence-electron chi connectivity index (χ0n) is 14.3. The Hall–Kier alpha value is -2.90. The third-order valence-corrected chi connectivity index (χ3v) is 4.59. The van der Waals surface area contributed by atoms with Crippen LogP contribution in [-0.4, -0.2) is 28.9 Å². The number of nitrogens with one attached hydrogen (secondary N) is 1. The summed E-state index contributed by atoms with van der Waals surface area (Å²) in [5, 5.41) is 14.3. The molecule has 8 heteroatoms. The number of anilines is 2. The Labute approximate surface area is 165 Å². The van der Waals surface area contributed by atoms with E-state index in [1.54, 1.807) is 43.3 Å². The number of halogens is 1. The van der Waals surface area contributed by atoms with E-state index in [1.165, 1.54) is 17.6 Å². The first-order chi connectivity index (χ1) is 13.0. The lowest BCUT2D eigenvalue weighted by Gasteiger charge is -2.01. The van der Waals surface area contributed by atoms with Gasteiger partial charge in [-0.15, -0.1) is 0 Å². The standard InChI is InChI=1S/C19H16ClN3O3S/c1-2-26-18(25)12-3-7-14(8-4-12)21-11-16-17(24)23-19(27-16)22-15-9-5-13(20)6-10-15/h3-11,24H,2H2,1H3,(H,22,23). The zero-order chi connectivity index (χ0) is 19.2. The van der Waals surface area contributed by atoms with Gasteiger partial charge in [0.1, 0.15) is 4.88 Å². The van der Waals surface area contributed by atoms with Gasteiger partial charge in [0.25, 0.3) is 0 Å². The highest BCUT2D eigenvalue weighted by atomic mass is 35.5. The van der Waals surface area contributed by atoms with E-state index in [0.717, 1.165) is 5.69 Å². The Morgan fingerprint density at radius 3 is 2.63 bits per heavy atom. The van der Waals surface area contributed by atoms with Gasteiger partial charge in [-0.2, -0.15) is 4.98 Å². The van der Waals surface area contributed by atoms with Crippen LogP contribution in [0.4, 0.5) is 16.5 Å². The number of esters is 1. The first-order valence-electron chi connectivity index (χ1n) is 8.09. The molecule has 1 heterocycles. The van der Waals surface area contributed by atoms with Crippen molar-refractivity contribution in [3.63, 3.8) is 0 Å². The number of thiazole rings is 1. The van der Waals surface area contributed by atoms with Crippen molar-refractivity contribution in [2.75, 3.05) is 11.9 Å². The van der Waals surface area contributed by atoms with Crippen molar-refractivity contribution in [3.8, 4) is 5.88 Å². The van der Waals surface area contributed by atoms with Crippen molar-refractivity contribution in [2.24, 2.45) is 4.99 Å². The molecule has 3 rings (SSSR count). The number of carbonyl (C=O) groups is 1. The molecule has 0 amide bonds. The van der Waals surface area contributed by atoms with E-state index in [1.807, 2.05) is 12.1 Å². The second-order valence-corrected chi connectivity index (χ2v) is 6.83. The summed E-state index contributed by atoms with van der Waals surface area (Å²) in [5.74, 6) is -0.477. The van der Waals surface area contributed by atoms with Crippen molar-refractivity contribution < 1.29 is 14.6 Å². The van der Waals surface area contributed by atoms with Gasteiger partial charge < -0.3 is 15.2 Å². The molecule has 0 aliphatic heterocycles. The Bertz CT molecular complexity index is 953. The minimum absolute atomic E-state index is 0.108. The molecule has 2 aromatic carbocycles. The first kappa shape index (κ1) is 18.9. The number of aromatic nitrogens is 1. The maximum absolute atomic E-state index is 11.6. The second kappa shape index (κ2) is 8.66. The van der Waals surface area contributed by atoms with E-state index in [0.29, 0.717) is 32.9 Å². The zero-order valence-corrected chi connectivity index (χ0v) is 15.9. The Morgan fingerprint density at radius 2 is 1.96 bits per heavy atom. The van der Waals surface area contributed by atoms with Gasteiger partial charge in [-0.25, -0.2) is 4.79 Å². The number of carbonyl (C=O) groups excluding carboxylic acids is 1. The quantitative estimate of drug-likeness (QED) is 0.439. The molecular formula is C19H16ClN3O3S. The van der Waals surface area contributed by atoms with Gasteiger partial charge in [-0.1, -0.05) is 22.9 Å². The van der Waals surface area contributed by atoms with Gasteiger partial charge in [-0.3, -0.25) is 4.99 Å². The van der Waals surface area contributed by atoms with Gasteiger partial charge in [0.2, 0.25) is 5.88 Å². The maximum atomic E-state index is 11.6. The number of ether oxygens (including phenoxy) is 1. The van der Waals surface area contributed by atoms with Gasteiger partial charge in [0, 0.05) is 10.7 Å². The average molecular weight is 402 g/mol.